The smallest absolute Gasteiger partial charge is 0.228 e. The summed E-state index contributed by atoms with van der Waals surface area (Å²) >= 11 is 0. The minimum atomic E-state index is -0.365. The summed E-state index contributed by atoms with van der Waals surface area (Å²) in [4.78, 5) is 23.9. The third-order valence-corrected chi connectivity index (χ3v) is 5.99. The van der Waals surface area contributed by atoms with Gasteiger partial charge in [0.1, 0.15) is 0 Å². The van der Waals surface area contributed by atoms with Crippen LogP contribution in [0.25, 0.3) is 11.1 Å². The van der Waals surface area contributed by atoms with Crippen LogP contribution in [0.1, 0.15) is 49.1 Å². The van der Waals surface area contributed by atoms with E-state index < -0.39 is 0 Å². The van der Waals surface area contributed by atoms with Gasteiger partial charge in [0.25, 0.3) is 0 Å². The Labute approximate surface area is 171 Å². The highest BCUT2D eigenvalue weighted by atomic mass is 16.2. The van der Waals surface area contributed by atoms with E-state index in [0.717, 1.165) is 53.6 Å². The van der Waals surface area contributed by atoms with Crippen LogP contribution in [0, 0.1) is 17.2 Å². The summed E-state index contributed by atoms with van der Waals surface area (Å²) in [7, 11) is 0. The van der Waals surface area contributed by atoms with Gasteiger partial charge in [-0.1, -0.05) is 55.7 Å². The quantitative estimate of drug-likeness (QED) is 0.808. The van der Waals surface area contributed by atoms with Gasteiger partial charge in [-0.15, -0.1) is 0 Å². The Balaban J connectivity index is 1.41. The van der Waals surface area contributed by atoms with Crippen LogP contribution in [-0.2, 0) is 16.0 Å². The van der Waals surface area contributed by atoms with E-state index in [9.17, 15) is 14.9 Å². The molecular formula is C24H25N3O2. The average molecular weight is 387 g/mol. The molecule has 1 heterocycles. The molecule has 0 aromatic heterocycles. The molecule has 2 amide bonds. The normalized spacial score (nSPS) is 17.1. The highest BCUT2D eigenvalue weighted by molar-refractivity contribution is 6.00. The summed E-state index contributed by atoms with van der Waals surface area (Å²) in [5, 5.41) is 15.4. The number of hydrogen-bond donors (Lipinski definition) is 2. The predicted octanol–water partition coefficient (Wildman–Crippen LogP) is 4.15. The minimum Gasteiger partial charge on any atom is -0.354 e. The van der Waals surface area contributed by atoms with Crippen molar-refractivity contribution < 1.29 is 9.59 Å². The van der Waals surface area contributed by atoms with Gasteiger partial charge in [0.05, 0.1) is 18.4 Å². The molecule has 1 atom stereocenters. The van der Waals surface area contributed by atoms with Crippen LogP contribution in [0.15, 0.2) is 42.5 Å². The Hall–Kier alpha value is -3.13. The number of fused-ring (bicyclic) bond motifs is 1. The van der Waals surface area contributed by atoms with Gasteiger partial charge >= 0.3 is 0 Å². The molecule has 0 spiro atoms. The lowest BCUT2D eigenvalue weighted by molar-refractivity contribution is -0.126. The zero-order valence-corrected chi connectivity index (χ0v) is 16.4. The zero-order valence-electron chi connectivity index (χ0n) is 16.4. The molecule has 1 saturated carbocycles. The van der Waals surface area contributed by atoms with Crippen molar-refractivity contribution in [1.82, 2.24) is 5.32 Å². The molecule has 0 bridgehead atoms. The first kappa shape index (κ1) is 19.2. The summed E-state index contributed by atoms with van der Waals surface area (Å²) < 4.78 is 0. The molecule has 2 aromatic rings. The summed E-state index contributed by atoms with van der Waals surface area (Å²) in [5.41, 5.74) is 4.84. The lowest BCUT2D eigenvalue weighted by Crippen LogP contribution is -2.34. The first-order chi connectivity index (χ1) is 14.1. The van der Waals surface area contributed by atoms with Gasteiger partial charge in [-0.2, -0.15) is 5.26 Å². The number of rotatable bonds is 5. The van der Waals surface area contributed by atoms with Crippen molar-refractivity contribution in [2.45, 2.75) is 44.4 Å². The maximum absolute atomic E-state index is 12.4. The summed E-state index contributed by atoms with van der Waals surface area (Å²) in [5.74, 6) is -0.150. The summed E-state index contributed by atoms with van der Waals surface area (Å²) in [6, 6.07) is 16.2. The summed E-state index contributed by atoms with van der Waals surface area (Å²) in [6.07, 6.45) is 5.80. The van der Waals surface area contributed by atoms with Gasteiger partial charge in [-0.3, -0.25) is 9.59 Å². The van der Waals surface area contributed by atoms with Crippen LogP contribution in [-0.4, -0.2) is 18.4 Å². The van der Waals surface area contributed by atoms with E-state index in [4.69, 9.17) is 0 Å². The van der Waals surface area contributed by atoms with E-state index in [2.05, 4.69) is 16.7 Å². The van der Waals surface area contributed by atoms with Crippen LogP contribution < -0.4 is 10.6 Å². The molecule has 4 rings (SSSR count). The number of carbonyl (C=O) groups excluding carboxylic acids is 2. The molecule has 5 nitrogen and oxygen atoms in total. The Kier molecular flexibility index (Phi) is 5.62. The van der Waals surface area contributed by atoms with Crippen LogP contribution in [0.4, 0.5) is 5.69 Å². The monoisotopic (exact) mass is 387 g/mol. The highest BCUT2D eigenvalue weighted by Crippen LogP contribution is 2.30. The van der Waals surface area contributed by atoms with Gasteiger partial charge in [-0.05, 0) is 41.2 Å². The Morgan fingerprint density at radius 3 is 2.55 bits per heavy atom. The van der Waals surface area contributed by atoms with Crippen LogP contribution >= 0.6 is 0 Å². The van der Waals surface area contributed by atoms with Crippen molar-refractivity contribution in [2.24, 2.45) is 5.92 Å². The van der Waals surface area contributed by atoms with Crippen molar-refractivity contribution >= 4 is 17.5 Å². The second-order valence-corrected chi connectivity index (χ2v) is 7.98. The van der Waals surface area contributed by atoms with Crippen molar-refractivity contribution in [1.29, 1.82) is 5.26 Å². The minimum absolute atomic E-state index is 0.0274. The number of nitrogens with one attached hydrogen (secondary N) is 2. The van der Waals surface area contributed by atoms with E-state index in [1.807, 2.05) is 42.5 Å². The van der Waals surface area contributed by atoms with E-state index in [1.165, 1.54) is 6.42 Å². The molecule has 1 fully saturated rings. The Morgan fingerprint density at radius 2 is 1.83 bits per heavy atom. The molecule has 5 heteroatoms. The number of nitrogens with zero attached hydrogens (tertiary/aromatic N) is 1. The molecule has 0 saturated heterocycles. The molecular weight excluding hydrogens is 362 g/mol. The number of hydrogen-bond acceptors (Lipinski definition) is 3. The molecule has 1 aliphatic carbocycles. The molecule has 1 unspecified atom stereocenters. The van der Waals surface area contributed by atoms with Crippen molar-refractivity contribution in [3.05, 3.63) is 53.6 Å². The molecule has 0 radical (unpaired) electrons. The standard InChI is InChI=1S/C24H25N3O2/c25-14-21(15-26-24(29)18-4-2-1-3-5-18)17-8-6-16(7-9-17)19-10-11-20-13-23(28)27-22(20)12-19/h6-12,18,21H,1-5,13,15H2,(H,26,29)(H,27,28). The van der Waals surface area contributed by atoms with Crippen LogP contribution in [0.3, 0.4) is 0 Å². The van der Waals surface area contributed by atoms with Gasteiger partial charge in [0.15, 0.2) is 0 Å². The lowest BCUT2D eigenvalue weighted by Gasteiger charge is -2.21. The SMILES string of the molecule is N#CC(CNC(=O)C1CCCCC1)c1ccc(-c2ccc3c(c2)NC(=O)C3)cc1. The van der Waals surface area contributed by atoms with Crippen LogP contribution in [0.5, 0.6) is 0 Å². The fourth-order valence-electron chi connectivity index (χ4n) is 4.25. The fraction of sp³-hybridized carbons (Fsp3) is 0.375. The molecule has 2 aliphatic rings. The number of nitriles is 1. The maximum atomic E-state index is 12.4. The lowest BCUT2D eigenvalue weighted by atomic mass is 9.88. The van der Waals surface area contributed by atoms with E-state index in [0.29, 0.717) is 13.0 Å². The largest absolute Gasteiger partial charge is 0.354 e. The fourth-order valence-corrected chi connectivity index (χ4v) is 4.25. The van der Waals surface area contributed by atoms with Crippen molar-refractivity contribution in [2.75, 3.05) is 11.9 Å². The van der Waals surface area contributed by atoms with Gasteiger partial charge in [-0.25, -0.2) is 0 Å². The van der Waals surface area contributed by atoms with Crippen molar-refractivity contribution in [3.8, 4) is 17.2 Å². The van der Waals surface area contributed by atoms with E-state index in [1.54, 1.807) is 0 Å². The van der Waals surface area contributed by atoms with E-state index >= 15 is 0 Å². The second kappa shape index (κ2) is 8.48. The van der Waals surface area contributed by atoms with Crippen molar-refractivity contribution in [3.63, 3.8) is 0 Å². The topological polar surface area (TPSA) is 82.0 Å². The van der Waals surface area contributed by atoms with Gasteiger partial charge in [0, 0.05) is 18.2 Å². The van der Waals surface area contributed by atoms with Crippen LogP contribution in [0.2, 0.25) is 0 Å². The highest BCUT2D eigenvalue weighted by Gasteiger charge is 2.22. The third kappa shape index (κ3) is 4.32. The average Bonchev–Trinajstić information content (AvgIpc) is 3.14. The van der Waals surface area contributed by atoms with Gasteiger partial charge in [0.2, 0.25) is 11.8 Å². The molecule has 148 valence electrons. The third-order valence-electron chi connectivity index (χ3n) is 5.99. The maximum Gasteiger partial charge on any atom is 0.228 e. The molecule has 2 aromatic carbocycles. The predicted molar refractivity (Wildman–Crippen MR) is 112 cm³/mol. The zero-order chi connectivity index (χ0) is 20.2. The number of anilines is 1. The Bertz CT molecular complexity index is 953. The number of amides is 2. The molecule has 1 aliphatic heterocycles. The van der Waals surface area contributed by atoms with Gasteiger partial charge < -0.3 is 10.6 Å². The summed E-state index contributed by atoms with van der Waals surface area (Å²) in [6.45, 7) is 0.343. The number of benzene rings is 2. The van der Waals surface area contributed by atoms with E-state index in [-0.39, 0.29) is 23.7 Å². The molecule has 2 N–H and O–H groups in total. The second-order valence-electron chi connectivity index (χ2n) is 7.98. The Morgan fingerprint density at radius 1 is 1.10 bits per heavy atom. The molecule has 29 heavy (non-hydrogen) atoms. The first-order valence-electron chi connectivity index (χ1n) is 10.3. The first-order valence-corrected chi connectivity index (χ1v) is 10.3. The number of carbonyl (C=O) groups is 2.